The Hall–Kier alpha value is -2.89. The van der Waals surface area contributed by atoms with Gasteiger partial charge in [-0.05, 0) is 24.3 Å². The van der Waals surface area contributed by atoms with Crippen LogP contribution in [0, 0.1) is 0 Å². The molecule has 0 aliphatic rings. The Bertz CT molecular complexity index is 946. The van der Waals surface area contributed by atoms with E-state index in [9.17, 15) is 4.79 Å². The lowest BCUT2D eigenvalue weighted by Gasteiger charge is -2.00. The molecule has 0 saturated heterocycles. The fourth-order valence-corrected chi connectivity index (χ4v) is 2.27. The highest BCUT2D eigenvalue weighted by molar-refractivity contribution is 5.76. The molecule has 4 aromatic heterocycles. The van der Waals surface area contributed by atoms with Crippen molar-refractivity contribution in [3.05, 3.63) is 59.4 Å². The third kappa shape index (κ3) is 1.33. The van der Waals surface area contributed by atoms with Gasteiger partial charge in [0.25, 0.3) is 0 Å². The van der Waals surface area contributed by atoms with Gasteiger partial charge in [-0.1, -0.05) is 6.07 Å². The Labute approximate surface area is 106 Å². The molecule has 0 unspecified atom stereocenters. The summed E-state index contributed by atoms with van der Waals surface area (Å²) in [7, 11) is 0. The van der Waals surface area contributed by atoms with Crippen molar-refractivity contribution >= 4 is 16.7 Å². The number of nitrogens with one attached hydrogen (secondary N) is 1. The summed E-state index contributed by atoms with van der Waals surface area (Å²) in [5, 5.41) is 4.25. The molecule has 6 heteroatoms. The van der Waals surface area contributed by atoms with Crippen LogP contribution in [0.4, 0.5) is 0 Å². The van der Waals surface area contributed by atoms with E-state index in [4.69, 9.17) is 0 Å². The zero-order valence-corrected chi connectivity index (χ0v) is 9.82. The lowest BCUT2D eigenvalue weighted by atomic mass is 10.3. The second kappa shape index (κ2) is 3.55. The van der Waals surface area contributed by atoms with Crippen LogP contribution >= 0.6 is 0 Å². The minimum atomic E-state index is -0.215. The number of fused-ring (bicyclic) bond motifs is 2. The van der Waals surface area contributed by atoms with E-state index in [1.807, 2.05) is 30.5 Å². The number of aromatic amines is 1. The molecule has 6 nitrogen and oxygen atoms in total. The third-order valence-electron chi connectivity index (χ3n) is 3.10. The number of rotatable bonds is 1. The molecule has 0 radical (unpaired) electrons. The van der Waals surface area contributed by atoms with Gasteiger partial charge >= 0.3 is 5.69 Å². The molecule has 0 spiro atoms. The second-order valence-electron chi connectivity index (χ2n) is 4.20. The highest BCUT2D eigenvalue weighted by Gasteiger charge is 2.12. The van der Waals surface area contributed by atoms with Crippen LogP contribution in [-0.4, -0.2) is 24.1 Å². The maximum Gasteiger partial charge on any atom is 0.332 e. The van der Waals surface area contributed by atoms with Crippen molar-refractivity contribution in [1.29, 1.82) is 0 Å². The fraction of sp³-hybridized carbons (Fsp3) is 0. The quantitative estimate of drug-likeness (QED) is 0.555. The van der Waals surface area contributed by atoms with Gasteiger partial charge in [0.15, 0.2) is 5.65 Å². The Balaban J connectivity index is 2.15. The van der Waals surface area contributed by atoms with Crippen molar-refractivity contribution in [2.45, 2.75) is 0 Å². The number of nitrogens with zero attached hydrogens (tertiary/aromatic N) is 4. The SMILES string of the molecule is O=c1[nH]c2ncccc2n1-c1cnn2ccccc12. The van der Waals surface area contributed by atoms with Crippen LogP contribution in [0.15, 0.2) is 53.7 Å². The van der Waals surface area contributed by atoms with Crippen LogP contribution in [0.25, 0.3) is 22.4 Å². The molecule has 0 amide bonds. The number of aromatic nitrogens is 5. The smallest absolute Gasteiger partial charge is 0.290 e. The Morgan fingerprint density at radius 1 is 1.11 bits per heavy atom. The summed E-state index contributed by atoms with van der Waals surface area (Å²) in [5.41, 5.74) is 2.71. The van der Waals surface area contributed by atoms with Crippen molar-refractivity contribution in [2.75, 3.05) is 0 Å². The molecule has 4 rings (SSSR count). The lowest BCUT2D eigenvalue weighted by molar-refractivity contribution is 0.961. The van der Waals surface area contributed by atoms with Crippen molar-refractivity contribution in [3.8, 4) is 5.69 Å². The summed E-state index contributed by atoms with van der Waals surface area (Å²) < 4.78 is 3.32. The lowest BCUT2D eigenvalue weighted by Crippen LogP contribution is -2.14. The summed E-state index contributed by atoms with van der Waals surface area (Å²) in [6, 6.07) is 9.39. The van der Waals surface area contributed by atoms with E-state index in [0.29, 0.717) is 5.65 Å². The maximum atomic E-state index is 12.1. The molecule has 92 valence electrons. The van der Waals surface area contributed by atoms with Crippen LogP contribution in [-0.2, 0) is 0 Å². The summed E-state index contributed by atoms with van der Waals surface area (Å²) >= 11 is 0. The topological polar surface area (TPSA) is 68.0 Å². The number of hydrogen-bond acceptors (Lipinski definition) is 3. The van der Waals surface area contributed by atoms with Crippen LogP contribution in [0.5, 0.6) is 0 Å². The van der Waals surface area contributed by atoms with Gasteiger partial charge in [0, 0.05) is 12.4 Å². The van der Waals surface area contributed by atoms with Crippen molar-refractivity contribution in [1.82, 2.24) is 24.1 Å². The van der Waals surface area contributed by atoms with Gasteiger partial charge in [-0.15, -0.1) is 0 Å². The van der Waals surface area contributed by atoms with Gasteiger partial charge in [-0.25, -0.2) is 14.3 Å². The maximum absolute atomic E-state index is 12.1. The van der Waals surface area contributed by atoms with Gasteiger partial charge in [-0.3, -0.25) is 9.55 Å². The number of hydrogen-bond donors (Lipinski definition) is 1. The van der Waals surface area contributed by atoms with E-state index in [1.165, 1.54) is 0 Å². The molecule has 0 fully saturated rings. The molecule has 19 heavy (non-hydrogen) atoms. The predicted molar refractivity (Wildman–Crippen MR) is 70.4 cm³/mol. The molecule has 4 heterocycles. The van der Waals surface area contributed by atoms with Gasteiger partial charge in [0.05, 0.1) is 22.9 Å². The second-order valence-corrected chi connectivity index (χ2v) is 4.20. The van der Waals surface area contributed by atoms with Gasteiger partial charge < -0.3 is 0 Å². The zero-order chi connectivity index (χ0) is 12.8. The standard InChI is InChI=1S/C13H9N5O/c19-13-16-12-10(5-3-6-14-12)18(13)11-8-15-17-7-2-1-4-9(11)17/h1-8H,(H,14,16,19). The van der Waals surface area contributed by atoms with Gasteiger partial charge in [0.1, 0.15) is 0 Å². The molecule has 0 saturated carbocycles. The van der Waals surface area contributed by atoms with E-state index in [2.05, 4.69) is 15.1 Å². The van der Waals surface area contributed by atoms with E-state index in [-0.39, 0.29) is 5.69 Å². The Morgan fingerprint density at radius 2 is 2.00 bits per heavy atom. The first kappa shape index (κ1) is 10.1. The fourth-order valence-electron chi connectivity index (χ4n) is 2.27. The summed E-state index contributed by atoms with van der Waals surface area (Å²) in [4.78, 5) is 19.0. The Morgan fingerprint density at radius 3 is 2.95 bits per heavy atom. The van der Waals surface area contributed by atoms with Crippen LogP contribution in [0.2, 0.25) is 0 Å². The molecule has 0 aliphatic carbocycles. The molecular formula is C13H9N5O. The molecule has 1 N–H and O–H groups in total. The first-order valence-corrected chi connectivity index (χ1v) is 5.83. The third-order valence-corrected chi connectivity index (χ3v) is 3.10. The molecule has 4 aromatic rings. The van der Waals surface area contributed by atoms with Crippen molar-refractivity contribution in [2.24, 2.45) is 0 Å². The van der Waals surface area contributed by atoms with Gasteiger partial charge in [0.2, 0.25) is 0 Å². The van der Waals surface area contributed by atoms with Crippen molar-refractivity contribution < 1.29 is 0 Å². The molecular weight excluding hydrogens is 242 g/mol. The van der Waals surface area contributed by atoms with E-state index < -0.39 is 0 Å². The Kier molecular flexibility index (Phi) is 1.88. The first-order valence-electron chi connectivity index (χ1n) is 5.83. The number of pyridine rings is 2. The van der Waals surface area contributed by atoms with Crippen LogP contribution < -0.4 is 5.69 Å². The van der Waals surface area contributed by atoms with Gasteiger partial charge in [-0.2, -0.15) is 5.10 Å². The van der Waals surface area contributed by atoms with E-state index >= 15 is 0 Å². The monoisotopic (exact) mass is 251 g/mol. The minimum absolute atomic E-state index is 0.215. The summed E-state index contributed by atoms with van der Waals surface area (Å²) in [6.07, 6.45) is 5.17. The normalized spacial score (nSPS) is 11.4. The van der Waals surface area contributed by atoms with Crippen molar-refractivity contribution in [3.63, 3.8) is 0 Å². The average Bonchev–Trinajstić information content (AvgIpc) is 2.98. The summed E-state index contributed by atoms with van der Waals surface area (Å²) in [6.45, 7) is 0. The zero-order valence-electron chi connectivity index (χ0n) is 9.82. The highest BCUT2D eigenvalue weighted by Crippen LogP contribution is 2.18. The number of imidazole rings is 1. The highest BCUT2D eigenvalue weighted by atomic mass is 16.1. The first-order chi connectivity index (χ1) is 9.34. The number of H-pyrrole nitrogens is 1. The molecule has 0 aliphatic heterocycles. The molecule has 0 bridgehead atoms. The largest absolute Gasteiger partial charge is 0.332 e. The molecule has 0 atom stereocenters. The van der Waals surface area contributed by atoms with Crippen LogP contribution in [0.3, 0.4) is 0 Å². The van der Waals surface area contributed by atoms with E-state index in [1.54, 1.807) is 27.5 Å². The molecule has 0 aromatic carbocycles. The predicted octanol–water partition coefficient (Wildman–Crippen LogP) is 1.36. The summed E-state index contributed by atoms with van der Waals surface area (Å²) in [5.74, 6) is 0. The van der Waals surface area contributed by atoms with E-state index in [0.717, 1.165) is 16.7 Å². The van der Waals surface area contributed by atoms with Crippen LogP contribution in [0.1, 0.15) is 0 Å². The minimum Gasteiger partial charge on any atom is -0.290 e. The average molecular weight is 251 g/mol.